The van der Waals surface area contributed by atoms with Crippen molar-refractivity contribution in [3.63, 3.8) is 0 Å². The van der Waals surface area contributed by atoms with Crippen LogP contribution in [-0.4, -0.2) is 35.6 Å². The van der Waals surface area contributed by atoms with Crippen LogP contribution in [0.25, 0.3) is 0 Å². The molecule has 1 rings (SSSR count). The van der Waals surface area contributed by atoms with Crippen molar-refractivity contribution in [3.8, 4) is 0 Å². The van der Waals surface area contributed by atoms with Gasteiger partial charge >= 0.3 is 0 Å². The van der Waals surface area contributed by atoms with Crippen LogP contribution in [-0.2, 0) is 18.2 Å². The van der Waals surface area contributed by atoms with Gasteiger partial charge in [0.05, 0.1) is 12.3 Å². The molecule has 0 saturated carbocycles. The smallest absolute Gasteiger partial charge is 0.0623 e. The lowest BCUT2D eigenvalue weighted by Crippen LogP contribution is -2.36. The molecule has 104 valence electrons. The van der Waals surface area contributed by atoms with E-state index in [-0.39, 0.29) is 0 Å². The van der Waals surface area contributed by atoms with Crippen LogP contribution in [0.2, 0.25) is 0 Å². The lowest BCUT2D eigenvalue weighted by molar-refractivity contribution is 0.111. The van der Waals surface area contributed by atoms with Crippen LogP contribution in [0.3, 0.4) is 0 Å². The van der Waals surface area contributed by atoms with Crippen LogP contribution < -0.4 is 5.32 Å². The molecule has 4 heteroatoms. The van der Waals surface area contributed by atoms with Gasteiger partial charge in [-0.2, -0.15) is 5.10 Å². The first kappa shape index (κ1) is 15.2. The summed E-state index contributed by atoms with van der Waals surface area (Å²) in [6.45, 7) is 9.01. The molecule has 0 saturated heterocycles. The Bertz CT molecular complexity index is 336. The fourth-order valence-corrected chi connectivity index (χ4v) is 2.02. The minimum Gasteiger partial charge on any atom is -0.380 e. The largest absolute Gasteiger partial charge is 0.380 e. The second kappa shape index (κ2) is 8.27. The van der Waals surface area contributed by atoms with Crippen molar-refractivity contribution in [1.29, 1.82) is 0 Å². The molecular weight excluding hydrogens is 226 g/mol. The fraction of sp³-hybridized carbons (Fsp3) is 0.786. The monoisotopic (exact) mass is 253 g/mol. The molecule has 1 N–H and O–H groups in total. The summed E-state index contributed by atoms with van der Waals surface area (Å²) in [6, 6.07) is 2.53. The molecule has 0 radical (unpaired) electrons. The Morgan fingerprint density at radius 1 is 1.39 bits per heavy atom. The summed E-state index contributed by atoms with van der Waals surface area (Å²) in [7, 11) is 2.01. The van der Waals surface area contributed by atoms with E-state index in [9.17, 15) is 0 Å². The molecule has 0 aromatic carbocycles. The molecule has 0 fully saturated rings. The van der Waals surface area contributed by atoms with Crippen molar-refractivity contribution >= 4 is 0 Å². The molecule has 1 aromatic heterocycles. The number of aromatic nitrogens is 2. The van der Waals surface area contributed by atoms with Crippen LogP contribution in [0.15, 0.2) is 6.07 Å². The Morgan fingerprint density at radius 2 is 2.17 bits per heavy atom. The zero-order valence-corrected chi connectivity index (χ0v) is 12.2. The SMILES string of the molecule is CCCNC(COCCC)Cc1cc(C)nn1C. The maximum Gasteiger partial charge on any atom is 0.0623 e. The van der Waals surface area contributed by atoms with Gasteiger partial charge in [-0.05, 0) is 32.4 Å². The third-order valence-electron chi connectivity index (χ3n) is 2.90. The number of ether oxygens (including phenoxy) is 1. The van der Waals surface area contributed by atoms with Gasteiger partial charge in [0, 0.05) is 31.8 Å². The van der Waals surface area contributed by atoms with Gasteiger partial charge < -0.3 is 10.1 Å². The van der Waals surface area contributed by atoms with E-state index >= 15 is 0 Å². The van der Waals surface area contributed by atoms with Gasteiger partial charge in [0.25, 0.3) is 0 Å². The maximum atomic E-state index is 5.67. The molecule has 0 aliphatic heterocycles. The second-order valence-corrected chi connectivity index (χ2v) is 4.83. The lowest BCUT2D eigenvalue weighted by atomic mass is 10.1. The molecule has 0 aliphatic carbocycles. The van der Waals surface area contributed by atoms with E-state index in [4.69, 9.17) is 4.74 Å². The van der Waals surface area contributed by atoms with Crippen LogP contribution >= 0.6 is 0 Å². The number of rotatable bonds is 9. The van der Waals surface area contributed by atoms with Gasteiger partial charge in [-0.15, -0.1) is 0 Å². The van der Waals surface area contributed by atoms with E-state index < -0.39 is 0 Å². The lowest BCUT2D eigenvalue weighted by Gasteiger charge is -2.18. The van der Waals surface area contributed by atoms with E-state index in [1.807, 2.05) is 18.7 Å². The predicted molar refractivity (Wildman–Crippen MR) is 74.8 cm³/mol. The average Bonchev–Trinajstić information content (AvgIpc) is 2.65. The molecule has 1 atom stereocenters. The highest BCUT2D eigenvalue weighted by Gasteiger charge is 2.12. The highest BCUT2D eigenvalue weighted by molar-refractivity contribution is 5.10. The van der Waals surface area contributed by atoms with Gasteiger partial charge in [-0.25, -0.2) is 0 Å². The minimum atomic E-state index is 0.381. The Morgan fingerprint density at radius 3 is 2.72 bits per heavy atom. The molecule has 18 heavy (non-hydrogen) atoms. The second-order valence-electron chi connectivity index (χ2n) is 4.83. The van der Waals surface area contributed by atoms with Crippen molar-refractivity contribution in [2.75, 3.05) is 19.8 Å². The van der Waals surface area contributed by atoms with Gasteiger partial charge in [0.15, 0.2) is 0 Å². The summed E-state index contributed by atoms with van der Waals surface area (Å²) in [5, 5.41) is 7.94. The van der Waals surface area contributed by atoms with Crippen LogP contribution in [0.4, 0.5) is 0 Å². The number of nitrogens with one attached hydrogen (secondary N) is 1. The highest BCUT2D eigenvalue weighted by atomic mass is 16.5. The van der Waals surface area contributed by atoms with E-state index in [2.05, 4.69) is 30.3 Å². The Labute approximate surface area is 111 Å². The molecule has 1 unspecified atom stereocenters. The predicted octanol–water partition coefficient (Wildman–Crippen LogP) is 2.07. The van der Waals surface area contributed by atoms with Crippen LogP contribution in [0.1, 0.15) is 38.1 Å². The summed E-state index contributed by atoms with van der Waals surface area (Å²) in [4.78, 5) is 0. The first-order chi connectivity index (χ1) is 8.67. The summed E-state index contributed by atoms with van der Waals surface area (Å²) >= 11 is 0. The van der Waals surface area contributed by atoms with Crippen molar-refractivity contribution in [2.24, 2.45) is 7.05 Å². The quantitative estimate of drug-likeness (QED) is 0.685. The van der Waals surface area contributed by atoms with E-state index in [1.54, 1.807) is 0 Å². The van der Waals surface area contributed by atoms with Gasteiger partial charge in [-0.1, -0.05) is 13.8 Å². The van der Waals surface area contributed by atoms with Crippen LogP contribution in [0, 0.1) is 6.92 Å². The van der Waals surface area contributed by atoms with Crippen molar-refractivity contribution in [2.45, 2.75) is 46.1 Å². The normalized spacial score (nSPS) is 12.9. The molecule has 0 amide bonds. The number of hydrogen-bond acceptors (Lipinski definition) is 3. The molecule has 0 bridgehead atoms. The summed E-state index contributed by atoms with van der Waals surface area (Å²) < 4.78 is 7.64. The average molecular weight is 253 g/mol. The summed E-state index contributed by atoms with van der Waals surface area (Å²) in [5.74, 6) is 0. The van der Waals surface area contributed by atoms with Crippen molar-refractivity contribution in [3.05, 3.63) is 17.5 Å². The van der Waals surface area contributed by atoms with E-state index in [0.29, 0.717) is 6.04 Å². The van der Waals surface area contributed by atoms with E-state index in [1.165, 1.54) is 5.69 Å². The number of aryl methyl sites for hydroxylation is 2. The Balaban J connectivity index is 2.50. The minimum absolute atomic E-state index is 0.381. The van der Waals surface area contributed by atoms with Crippen molar-refractivity contribution < 1.29 is 4.74 Å². The topological polar surface area (TPSA) is 39.1 Å². The summed E-state index contributed by atoms with van der Waals surface area (Å²) in [5.41, 5.74) is 2.34. The number of nitrogens with zero attached hydrogens (tertiary/aromatic N) is 2. The number of hydrogen-bond donors (Lipinski definition) is 1. The standard InChI is InChI=1S/C14H27N3O/c1-5-7-15-13(11-18-8-6-2)10-14-9-12(3)16-17(14)4/h9,13,15H,5-8,10-11H2,1-4H3. The Hall–Kier alpha value is -0.870. The molecule has 1 heterocycles. The molecule has 0 spiro atoms. The third kappa shape index (κ3) is 5.19. The zero-order chi connectivity index (χ0) is 13.4. The molecule has 0 aliphatic rings. The Kier molecular flexibility index (Phi) is 6.98. The first-order valence-electron chi connectivity index (χ1n) is 6.98. The summed E-state index contributed by atoms with van der Waals surface area (Å²) in [6.07, 6.45) is 3.20. The molecular formula is C14H27N3O. The fourth-order valence-electron chi connectivity index (χ4n) is 2.02. The third-order valence-corrected chi connectivity index (χ3v) is 2.90. The van der Waals surface area contributed by atoms with Gasteiger partial charge in [0.1, 0.15) is 0 Å². The van der Waals surface area contributed by atoms with Crippen molar-refractivity contribution in [1.82, 2.24) is 15.1 Å². The van der Waals surface area contributed by atoms with Crippen LogP contribution in [0.5, 0.6) is 0 Å². The molecule has 1 aromatic rings. The highest BCUT2D eigenvalue weighted by Crippen LogP contribution is 2.06. The maximum absolute atomic E-state index is 5.67. The molecule has 4 nitrogen and oxygen atoms in total. The van der Waals surface area contributed by atoms with Gasteiger partial charge in [0.2, 0.25) is 0 Å². The van der Waals surface area contributed by atoms with E-state index in [0.717, 1.165) is 44.7 Å². The first-order valence-corrected chi connectivity index (χ1v) is 6.98. The van der Waals surface area contributed by atoms with Gasteiger partial charge in [-0.3, -0.25) is 4.68 Å². The zero-order valence-electron chi connectivity index (χ0n) is 12.2.